The van der Waals surface area contributed by atoms with E-state index in [1.54, 1.807) is 0 Å². The molecule has 0 heterocycles. The van der Waals surface area contributed by atoms with E-state index >= 15 is 0 Å². The zero-order chi connectivity index (χ0) is 14.3. The highest BCUT2D eigenvalue weighted by molar-refractivity contribution is 5.90. The van der Waals surface area contributed by atoms with Crippen LogP contribution in [0.4, 0.5) is 18.9 Å². The molecule has 0 aliphatic heterocycles. The minimum Gasteiger partial charge on any atom is -0.478 e. The Morgan fingerprint density at radius 1 is 1.37 bits per heavy atom. The van der Waals surface area contributed by atoms with Gasteiger partial charge in [0.2, 0.25) is 0 Å². The van der Waals surface area contributed by atoms with Crippen molar-refractivity contribution in [3.05, 3.63) is 29.3 Å². The maximum absolute atomic E-state index is 12.8. The Hall–Kier alpha value is -1.72. The van der Waals surface area contributed by atoms with Crippen LogP contribution in [0.1, 0.15) is 42.1 Å². The van der Waals surface area contributed by atoms with Crippen molar-refractivity contribution in [1.29, 1.82) is 0 Å². The number of benzene rings is 1. The molecule has 0 saturated heterocycles. The lowest BCUT2D eigenvalue weighted by atomic mass is 9.78. The van der Waals surface area contributed by atoms with Gasteiger partial charge in [-0.15, -0.1) is 0 Å². The maximum Gasteiger partial charge on any atom is 0.417 e. The Balaban J connectivity index is 2.35. The highest BCUT2D eigenvalue weighted by Crippen LogP contribution is 2.38. The molecule has 3 nitrogen and oxygen atoms in total. The summed E-state index contributed by atoms with van der Waals surface area (Å²) in [4.78, 5) is 10.8. The molecule has 0 radical (unpaired) electrons. The lowest BCUT2D eigenvalue weighted by Gasteiger charge is -2.40. The van der Waals surface area contributed by atoms with E-state index in [1.807, 2.05) is 6.92 Å². The number of carboxylic acid groups (broad SMARTS) is 1. The SMILES string of the molecule is CC1(Nc2ccc(C(=O)O)c(C(F)(F)F)c2)CCC1. The van der Waals surface area contributed by atoms with E-state index in [-0.39, 0.29) is 5.54 Å². The number of anilines is 1. The summed E-state index contributed by atoms with van der Waals surface area (Å²) in [5, 5.41) is 11.8. The van der Waals surface area contributed by atoms with Crippen molar-refractivity contribution in [3.63, 3.8) is 0 Å². The number of hydrogen-bond acceptors (Lipinski definition) is 2. The fourth-order valence-corrected chi connectivity index (χ4v) is 2.22. The van der Waals surface area contributed by atoms with Crippen LogP contribution in [0.15, 0.2) is 18.2 Å². The smallest absolute Gasteiger partial charge is 0.417 e. The number of halogens is 3. The van der Waals surface area contributed by atoms with Gasteiger partial charge in [-0.3, -0.25) is 0 Å². The average molecular weight is 273 g/mol. The second-order valence-corrected chi connectivity index (χ2v) is 5.10. The van der Waals surface area contributed by atoms with Gasteiger partial charge in [-0.25, -0.2) is 4.79 Å². The third-order valence-corrected chi connectivity index (χ3v) is 3.46. The van der Waals surface area contributed by atoms with E-state index in [0.29, 0.717) is 5.69 Å². The van der Waals surface area contributed by atoms with Gasteiger partial charge in [0, 0.05) is 11.2 Å². The van der Waals surface area contributed by atoms with Crippen LogP contribution in [0, 0.1) is 0 Å². The molecule has 1 aromatic rings. The second kappa shape index (κ2) is 4.43. The van der Waals surface area contributed by atoms with Crippen LogP contribution in [0.3, 0.4) is 0 Å². The number of rotatable bonds is 3. The van der Waals surface area contributed by atoms with Crippen LogP contribution >= 0.6 is 0 Å². The lowest BCUT2D eigenvalue weighted by Crippen LogP contribution is -2.41. The molecule has 0 bridgehead atoms. The van der Waals surface area contributed by atoms with Gasteiger partial charge in [-0.1, -0.05) is 0 Å². The first kappa shape index (κ1) is 13.7. The molecule has 19 heavy (non-hydrogen) atoms. The fraction of sp³-hybridized carbons (Fsp3) is 0.462. The Kier molecular flexibility index (Phi) is 3.20. The van der Waals surface area contributed by atoms with Crippen LogP contribution in [0.25, 0.3) is 0 Å². The van der Waals surface area contributed by atoms with Crippen molar-refractivity contribution in [1.82, 2.24) is 0 Å². The molecule has 0 atom stereocenters. The van der Waals surface area contributed by atoms with Crippen LogP contribution < -0.4 is 5.32 Å². The first-order chi connectivity index (χ1) is 8.71. The predicted molar refractivity (Wildman–Crippen MR) is 64.3 cm³/mol. The van der Waals surface area contributed by atoms with Gasteiger partial charge in [0.05, 0.1) is 11.1 Å². The summed E-state index contributed by atoms with van der Waals surface area (Å²) in [7, 11) is 0. The molecule has 1 aliphatic rings. The minimum atomic E-state index is -4.67. The van der Waals surface area contributed by atoms with Gasteiger partial charge in [0.1, 0.15) is 0 Å². The Morgan fingerprint density at radius 3 is 2.42 bits per heavy atom. The Bertz CT molecular complexity index is 507. The van der Waals surface area contributed by atoms with Crippen LogP contribution in [0.2, 0.25) is 0 Å². The molecular weight excluding hydrogens is 259 g/mol. The van der Waals surface area contributed by atoms with E-state index in [0.717, 1.165) is 31.4 Å². The predicted octanol–water partition coefficient (Wildman–Crippen LogP) is 3.76. The van der Waals surface area contributed by atoms with Crippen molar-refractivity contribution in [2.75, 3.05) is 5.32 Å². The monoisotopic (exact) mass is 273 g/mol. The van der Waals surface area contributed by atoms with E-state index in [2.05, 4.69) is 5.32 Å². The van der Waals surface area contributed by atoms with Crippen molar-refractivity contribution >= 4 is 11.7 Å². The van der Waals surface area contributed by atoms with E-state index < -0.39 is 23.3 Å². The molecule has 0 aromatic heterocycles. The molecule has 6 heteroatoms. The number of alkyl halides is 3. The first-order valence-corrected chi connectivity index (χ1v) is 5.94. The molecular formula is C13H14F3NO2. The highest BCUT2D eigenvalue weighted by atomic mass is 19.4. The van der Waals surface area contributed by atoms with Gasteiger partial charge in [0.25, 0.3) is 0 Å². The van der Waals surface area contributed by atoms with Gasteiger partial charge < -0.3 is 10.4 Å². The summed E-state index contributed by atoms with van der Waals surface area (Å²) in [6.45, 7) is 1.94. The van der Waals surface area contributed by atoms with Gasteiger partial charge in [-0.2, -0.15) is 13.2 Å². The van der Waals surface area contributed by atoms with Crippen molar-refractivity contribution < 1.29 is 23.1 Å². The number of carboxylic acids is 1. The van der Waals surface area contributed by atoms with Gasteiger partial charge in [0.15, 0.2) is 0 Å². The summed E-state index contributed by atoms with van der Waals surface area (Å²) < 4.78 is 38.5. The zero-order valence-corrected chi connectivity index (χ0v) is 10.3. The van der Waals surface area contributed by atoms with E-state index in [4.69, 9.17) is 5.11 Å². The molecule has 0 amide bonds. The normalized spacial score (nSPS) is 17.7. The zero-order valence-electron chi connectivity index (χ0n) is 10.3. The third kappa shape index (κ3) is 2.83. The summed E-state index contributed by atoms with van der Waals surface area (Å²) >= 11 is 0. The van der Waals surface area contributed by atoms with Crippen molar-refractivity contribution in [3.8, 4) is 0 Å². The lowest BCUT2D eigenvalue weighted by molar-refractivity contribution is -0.138. The van der Waals surface area contributed by atoms with Crippen molar-refractivity contribution in [2.45, 2.75) is 37.9 Å². The third-order valence-electron chi connectivity index (χ3n) is 3.46. The molecule has 2 rings (SSSR count). The maximum atomic E-state index is 12.8. The average Bonchev–Trinajstić information content (AvgIpc) is 2.25. The second-order valence-electron chi connectivity index (χ2n) is 5.10. The Morgan fingerprint density at radius 2 is 2.00 bits per heavy atom. The molecule has 104 valence electrons. The van der Waals surface area contributed by atoms with Crippen molar-refractivity contribution in [2.24, 2.45) is 0 Å². The van der Waals surface area contributed by atoms with E-state index in [9.17, 15) is 18.0 Å². The number of aromatic carboxylic acids is 1. The largest absolute Gasteiger partial charge is 0.478 e. The number of hydrogen-bond donors (Lipinski definition) is 2. The molecule has 0 spiro atoms. The Labute approximate surface area is 108 Å². The minimum absolute atomic E-state index is 0.187. The molecule has 2 N–H and O–H groups in total. The van der Waals surface area contributed by atoms with Gasteiger partial charge >= 0.3 is 12.1 Å². The molecule has 1 aromatic carbocycles. The number of carbonyl (C=O) groups is 1. The quantitative estimate of drug-likeness (QED) is 0.881. The standard InChI is InChI=1S/C13H14F3NO2/c1-12(5-2-6-12)17-8-3-4-9(11(18)19)10(7-8)13(14,15)16/h3-4,7,17H,2,5-6H2,1H3,(H,18,19). The van der Waals surface area contributed by atoms with Crippen LogP contribution in [-0.4, -0.2) is 16.6 Å². The fourth-order valence-electron chi connectivity index (χ4n) is 2.22. The molecule has 1 fully saturated rings. The topological polar surface area (TPSA) is 49.3 Å². The first-order valence-electron chi connectivity index (χ1n) is 5.94. The molecule has 1 saturated carbocycles. The van der Waals surface area contributed by atoms with E-state index in [1.165, 1.54) is 6.07 Å². The summed E-state index contributed by atoms with van der Waals surface area (Å²) in [6.07, 6.45) is -1.83. The number of nitrogens with one attached hydrogen (secondary N) is 1. The molecule has 1 aliphatic carbocycles. The summed E-state index contributed by atoms with van der Waals surface area (Å²) in [5.41, 5.74) is -1.72. The summed E-state index contributed by atoms with van der Waals surface area (Å²) in [5.74, 6) is -1.58. The van der Waals surface area contributed by atoms with Crippen LogP contribution in [0.5, 0.6) is 0 Å². The van der Waals surface area contributed by atoms with Crippen LogP contribution in [-0.2, 0) is 6.18 Å². The summed E-state index contributed by atoms with van der Waals surface area (Å²) in [6, 6.07) is 3.24. The highest BCUT2D eigenvalue weighted by Gasteiger charge is 2.37. The van der Waals surface area contributed by atoms with Gasteiger partial charge in [-0.05, 0) is 44.4 Å². The molecule has 0 unspecified atom stereocenters.